The molecule has 0 amide bonds. The molecule has 2 atom stereocenters. The van der Waals surface area contributed by atoms with Crippen molar-refractivity contribution in [2.24, 2.45) is 0 Å². The Morgan fingerprint density at radius 2 is 1.88 bits per heavy atom. The van der Waals surface area contributed by atoms with Crippen molar-refractivity contribution in [3.05, 3.63) is 34.2 Å². The molecule has 1 aromatic carbocycles. The van der Waals surface area contributed by atoms with Gasteiger partial charge in [0.05, 0.1) is 6.07 Å². The topological polar surface area (TPSA) is 133 Å². The molecule has 17 heavy (non-hydrogen) atoms. The third-order valence-corrected chi connectivity index (χ3v) is 2.20. The summed E-state index contributed by atoms with van der Waals surface area (Å²) in [5.74, 6) is -1.04. The number of aryl methyl sites for hydroxylation is 1. The van der Waals surface area contributed by atoms with Crippen molar-refractivity contribution in [3.8, 4) is 0 Å². The van der Waals surface area contributed by atoms with E-state index in [0.717, 1.165) is 6.07 Å². The molecule has 8 nitrogen and oxygen atoms in total. The molecular formula is C9H12N2O6. The zero-order valence-electron chi connectivity index (χ0n) is 8.71. The van der Waals surface area contributed by atoms with Gasteiger partial charge < -0.3 is 15.5 Å². The Kier molecular flexibility index (Phi) is 4.52. The molecule has 0 fully saturated rings. The van der Waals surface area contributed by atoms with E-state index in [-0.39, 0.29) is 24.2 Å². The zero-order valence-corrected chi connectivity index (χ0v) is 8.71. The molecule has 0 bridgehead atoms. The van der Waals surface area contributed by atoms with Crippen LogP contribution in [-0.4, -0.2) is 21.5 Å². The van der Waals surface area contributed by atoms with Gasteiger partial charge in [0.25, 0.3) is 0 Å². The lowest BCUT2D eigenvalue weighted by molar-refractivity contribution is -0.996. The Morgan fingerprint density at radius 3 is 2.35 bits per heavy atom. The normalized spacial score (nSPS) is 14.4. The minimum atomic E-state index is -1.27. The number of nitrogens with one attached hydrogen (secondary N) is 2. The van der Waals surface area contributed by atoms with Crippen LogP contribution in [0.4, 0.5) is 11.4 Å². The van der Waals surface area contributed by atoms with Gasteiger partial charge >= 0.3 is 5.97 Å². The fraction of sp³-hybridized carbons (Fsp3) is 0.222. The minimum absolute atomic E-state index is 0.0524. The molecule has 94 valence electrons. The van der Waals surface area contributed by atoms with Gasteiger partial charge in [-0.3, -0.25) is 4.79 Å². The van der Waals surface area contributed by atoms with Crippen molar-refractivity contribution in [3.63, 3.8) is 0 Å². The van der Waals surface area contributed by atoms with Crippen LogP contribution in [0.2, 0.25) is 0 Å². The average Bonchev–Trinajstić information content (AvgIpc) is 2.25. The summed E-state index contributed by atoms with van der Waals surface area (Å²) in [6, 6.07) is 3.61. The predicted octanol–water partition coefficient (Wildman–Crippen LogP) is -1.49. The summed E-state index contributed by atoms with van der Waals surface area (Å²) in [5.41, 5.74) is -0.00229. The van der Waals surface area contributed by atoms with Crippen molar-refractivity contribution in [1.82, 2.24) is 0 Å². The van der Waals surface area contributed by atoms with E-state index in [1.807, 2.05) is 0 Å². The molecule has 5 N–H and O–H groups in total. The van der Waals surface area contributed by atoms with Crippen LogP contribution in [-0.2, 0) is 11.2 Å². The molecule has 0 radical (unpaired) electrons. The second kappa shape index (κ2) is 5.68. The van der Waals surface area contributed by atoms with E-state index in [0.29, 0.717) is 5.56 Å². The number of carboxylic acid groups (broad SMARTS) is 1. The minimum Gasteiger partial charge on any atom is -0.595 e. The first kappa shape index (κ1) is 13.5. The van der Waals surface area contributed by atoms with Crippen LogP contribution in [0.5, 0.6) is 0 Å². The van der Waals surface area contributed by atoms with Gasteiger partial charge in [0, 0.05) is 18.1 Å². The lowest BCUT2D eigenvalue weighted by Crippen LogP contribution is -3.01. The number of hydrogen-bond donors (Lipinski definition) is 5. The van der Waals surface area contributed by atoms with Crippen LogP contribution < -0.4 is 10.5 Å². The van der Waals surface area contributed by atoms with Crippen molar-refractivity contribution in [2.75, 3.05) is 0 Å². The number of aliphatic carboxylic acids is 1. The Balaban J connectivity index is 3.00. The molecule has 0 saturated heterocycles. The molecule has 0 aliphatic rings. The number of quaternary nitrogens is 2. The van der Waals surface area contributed by atoms with Gasteiger partial charge in [-0.15, -0.1) is 0 Å². The SMILES string of the molecule is O=C(O)CCc1ccc([NH+]([O-])O)cc1[NH+]([O-])O. The molecule has 2 unspecified atom stereocenters. The van der Waals surface area contributed by atoms with E-state index in [1.165, 1.54) is 12.1 Å². The first-order valence-electron chi connectivity index (χ1n) is 4.73. The Morgan fingerprint density at radius 1 is 1.24 bits per heavy atom. The highest BCUT2D eigenvalue weighted by Crippen LogP contribution is 2.16. The zero-order chi connectivity index (χ0) is 13.0. The molecule has 0 aromatic heterocycles. The van der Waals surface area contributed by atoms with Gasteiger partial charge in [-0.2, -0.15) is 10.5 Å². The summed E-state index contributed by atoms with van der Waals surface area (Å²) < 4.78 is 0. The first-order valence-corrected chi connectivity index (χ1v) is 4.73. The van der Waals surface area contributed by atoms with Crippen molar-refractivity contribution < 1.29 is 30.8 Å². The Hall–Kier alpha value is -1.55. The highest BCUT2D eigenvalue weighted by atomic mass is 16.8. The van der Waals surface area contributed by atoms with Gasteiger partial charge in [-0.1, -0.05) is 0 Å². The summed E-state index contributed by atoms with van der Waals surface area (Å²) in [6.07, 6.45) is -0.149. The first-order chi connectivity index (χ1) is 7.91. The molecular weight excluding hydrogens is 232 g/mol. The number of carboxylic acids is 1. The van der Waals surface area contributed by atoms with Gasteiger partial charge in [-0.05, 0) is 12.5 Å². The van der Waals surface area contributed by atoms with Crippen LogP contribution in [0.1, 0.15) is 12.0 Å². The number of benzene rings is 1. The van der Waals surface area contributed by atoms with Crippen molar-refractivity contribution >= 4 is 17.3 Å². The smallest absolute Gasteiger partial charge is 0.303 e. The van der Waals surface area contributed by atoms with E-state index >= 15 is 0 Å². The second-order valence-electron chi connectivity index (χ2n) is 3.38. The highest BCUT2D eigenvalue weighted by molar-refractivity contribution is 5.67. The molecule has 1 rings (SSSR count). The molecule has 1 aromatic rings. The third kappa shape index (κ3) is 3.75. The lowest BCUT2D eigenvalue weighted by Gasteiger charge is -2.18. The summed E-state index contributed by atoms with van der Waals surface area (Å²) >= 11 is 0. The summed E-state index contributed by atoms with van der Waals surface area (Å²) in [7, 11) is 0. The maximum absolute atomic E-state index is 10.9. The van der Waals surface area contributed by atoms with Gasteiger partial charge in [0.2, 0.25) is 0 Å². The van der Waals surface area contributed by atoms with Crippen LogP contribution in [0, 0.1) is 10.4 Å². The quantitative estimate of drug-likeness (QED) is 0.401. The second-order valence-corrected chi connectivity index (χ2v) is 3.38. The maximum Gasteiger partial charge on any atom is 0.303 e. The number of carbonyl (C=O) groups is 1. The van der Waals surface area contributed by atoms with E-state index in [4.69, 9.17) is 15.5 Å². The fourth-order valence-corrected chi connectivity index (χ4v) is 1.37. The van der Waals surface area contributed by atoms with Crippen LogP contribution in [0.15, 0.2) is 18.2 Å². The van der Waals surface area contributed by atoms with E-state index in [1.54, 1.807) is 0 Å². The summed E-state index contributed by atoms with van der Waals surface area (Å²) in [4.78, 5) is 10.4. The highest BCUT2D eigenvalue weighted by Gasteiger charge is 2.14. The fourth-order valence-electron chi connectivity index (χ4n) is 1.37. The van der Waals surface area contributed by atoms with Gasteiger partial charge in [-0.25, -0.2) is 10.4 Å². The largest absolute Gasteiger partial charge is 0.595 e. The summed E-state index contributed by atoms with van der Waals surface area (Å²) in [6.45, 7) is 0. The van der Waals surface area contributed by atoms with E-state index in [2.05, 4.69) is 0 Å². The molecule has 0 heterocycles. The lowest BCUT2D eigenvalue weighted by atomic mass is 10.1. The van der Waals surface area contributed by atoms with Gasteiger partial charge in [0.1, 0.15) is 0 Å². The van der Waals surface area contributed by atoms with E-state index in [9.17, 15) is 15.2 Å². The van der Waals surface area contributed by atoms with Crippen molar-refractivity contribution in [1.29, 1.82) is 0 Å². The number of rotatable bonds is 5. The van der Waals surface area contributed by atoms with Crippen LogP contribution >= 0.6 is 0 Å². The maximum atomic E-state index is 10.9. The molecule has 0 aliphatic carbocycles. The third-order valence-electron chi connectivity index (χ3n) is 2.20. The standard InChI is InChI=1S/C9H12N2O6/c12-9(13)4-2-6-1-3-7(10(14)15)5-8(6)11(16)17/h1,3,5,10-11,14,16H,2,4H2,(H,12,13). The Labute approximate surface area is 96.0 Å². The van der Waals surface area contributed by atoms with Crippen LogP contribution in [0.25, 0.3) is 0 Å². The van der Waals surface area contributed by atoms with E-state index < -0.39 is 16.4 Å². The van der Waals surface area contributed by atoms with Crippen molar-refractivity contribution in [2.45, 2.75) is 12.8 Å². The molecule has 8 heteroatoms. The summed E-state index contributed by atoms with van der Waals surface area (Å²) in [5, 5.41) is 45.2. The monoisotopic (exact) mass is 244 g/mol. The molecule has 0 aliphatic heterocycles. The average molecular weight is 244 g/mol. The molecule has 0 spiro atoms. The molecule has 0 saturated carbocycles. The number of hydrogen-bond acceptors (Lipinski definition) is 5. The Bertz CT molecular complexity index is 406. The van der Waals surface area contributed by atoms with Gasteiger partial charge in [0.15, 0.2) is 11.4 Å². The van der Waals surface area contributed by atoms with Crippen LogP contribution in [0.3, 0.4) is 0 Å². The predicted molar refractivity (Wildman–Crippen MR) is 54.0 cm³/mol.